The molecular weight excluding hydrogens is 284 g/mol. The van der Waals surface area contributed by atoms with Gasteiger partial charge in [-0.3, -0.25) is 0 Å². The van der Waals surface area contributed by atoms with Gasteiger partial charge in [0, 0.05) is 10.6 Å². The standard InChI is InChI=1S/C16H18N2O2S/c1-11-4-3-5-13(8-11)21-10-12-6-7-14(16(17)18-19)15(9-12)20-2/h3-9,19H,10H2,1-2H3,(H2,17,18). The predicted octanol–water partition coefficient (Wildman–Crippen LogP) is 3.39. The molecule has 0 bridgehead atoms. The maximum absolute atomic E-state index is 8.76. The summed E-state index contributed by atoms with van der Waals surface area (Å²) < 4.78 is 5.30. The molecule has 0 aromatic heterocycles. The average Bonchev–Trinajstić information content (AvgIpc) is 2.52. The highest BCUT2D eigenvalue weighted by atomic mass is 32.2. The number of methoxy groups -OCH3 is 1. The van der Waals surface area contributed by atoms with Gasteiger partial charge in [0.2, 0.25) is 0 Å². The smallest absolute Gasteiger partial charge is 0.173 e. The van der Waals surface area contributed by atoms with Gasteiger partial charge in [-0.05, 0) is 36.8 Å². The van der Waals surface area contributed by atoms with E-state index in [0.29, 0.717) is 11.3 Å². The van der Waals surface area contributed by atoms with Crippen LogP contribution in [0.5, 0.6) is 5.75 Å². The van der Waals surface area contributed by atoms with E-state index in [1.54, 1.807) is 24.9 Å². The Bertz CT molecular complexity index is 656. The van der Waals surface area contributed by atoms with E-state index in [1.807, 2.05) is 12.1 Å². The minimum atomic E-state index is 0.0461. The molecule has 0 heterocycles. The molecular formula is C16H18N2O2S. The van der Waals surface area contributed by atoms with Crippen LogP contribution in [-0.4, -0.2) is 18.2 Å². The SMILES string of the molecule is COc1cc(CSc2cccc(C)c2)ccc1/C(N)=N/O. The molecule has 0 atom stereocenters. The molecule has 0 amide bonds. The molecule has 3 N–H and O–H groups in total. The van der Waals surface area contributed by atoms with Crippen LogP contribution in [-0.2, 0) is 5.75 Å². The second kappa shape index (κ2) is 7.04. The topological polar surface area (TPSA) is 67.8 Å². The minimum Gasteiger partial charge on any atom is -0.496 e. The van der Waals surface area contributed by atoms with Crippen molar-refractivity contribution in [3.8, 4) is 5.75 Å². The maximum Gasteiger partial charge on any atom is 0.173 e. The zero-order chi connectivity index (χ0) is 15.2. The van der Waals surface area contributed by atoms with Crippen molar-refractivity contribution in [3.63, 3.8) is 0 Å². The molecule has 110 valence electrons. The van der Waals surface area contributed by atoms with Crippen molar-refractivity contribution >= 4 is 17.6 Å². The quantitative estimate of drug-likeness (QED) is 0.292. The van der Waals surface area contributed by atoms with Crippen LogP contribution in [0.15, 0.2) is 52.5 Å². The van der Waals surface area contributed by atoms with Crippen LogP contribution in [0.25, 0.3) is 0 Å². The van der Waals surface area contributed by atoms with Crippen molar-refractivity contribution in [1.82, 2.24) is 0 Å². The van der Waals surface area contributed by atoms with Gasteiger partial charge in [0.25, 0.3) is 0 Å². The van der Waals surface area contributed by atoms with Crippen molar-refractivity contribution in [3.05, 3.63) is 59.2 Å². The van der Waals surface area contributed by atoms with Crippen LogP contribution in [0.3, 0.4) is 0 Å². The average molecular weight is 302 g/mol. The molecule has 4 nitrogen and oxygen atoms in total. The molecule has 0 radical (unpaired) electrons. The number of hydrogen-bond donors (Lipinski definition) is 2. The Kier molecular flexibility index (Phi) is 5.11. The summed E-state index contributed by atoms with van der Waals surface area (Å²) in [7, 11) is 1.57. The lowest BCUT2D eigenvalue weighted by molar-refractivity contribution is 0.318. The summed E-state index contributed by atoms with van der Waals surface area (Å²) in [6.45, 7) is 2.08. The number of nitrogens with two attached hydrogens (primary N) is 1. The Balaban J connectivity index is 2.14. The zero-order valence-corrected chi connectivity index (χ0v) is 12.9. The van der Waals surface area contributed by atoms with Crippen molar-refractivity contribution in [2.45, 2.75) is 17.6 Å². The highest BCUT2D eigenvalue weighted by Crippen LogP contribution is 2.27. The number of aryl methyl sites for hydroxylation is 1. The summed E-state index contributed by atoms with van der Waals surface area (Å²) in [5.41, 5.74) is 8.57. The third kappa shape index (κ3) is 3.92. The normalized spacial score (nSPS) is 11.4. The molecule has 2 rings (SSSR count). The van der Waals surface area contributed by atoms with Crippen LogP contribution in [0.2, 0.25) is 0 Å². The first-order valence-electron chi connectivity index (χ1n) is 6.48. The molecule has 0 saturated carbocycles. The zero-order valence-electron chi connectivity index (χ0n) is 12.0. The molecule has 0 fully saturated rings. The third-order valence-electron chi connectivity index (χ3n) is 3.04. The van der Waals surface area contributed by atoms with Gasteiger partial charge in [0.15, 0.2) is 5.84 Å². The van der Waals surface area contributed by atoms with Gasteiger partial charge in [-0.2, -0.15) is 0 Å². The Morgan fingerprint density at radius 1 is 1.29 bits per heavy atom. The summed E-state index contributed by atoms with van der Waals surface area (Å²) in [5, 5.41) is 11.8. The fraction of sp³-hybridized carbons (Fsp3) is 0.188. The highest BCUT2D eigenvalue weighted by Gasteiger charge is 2.09. The van der Waals surface area contributed by atoms with Gasteiger partial charge < -0.3 is 15.7 Å². The van der Waals surface area contributed by atoms with Gasteiger partial charge in [-0.25, -0.2) is 0 Å². The largest absolute Gasteiger partial charge is 0.496 e. The first-order chi connectivity index (χ1) is 10.1. The Morgan fingerprint density at radius 3 is 2.76 bits per heavy atom. The molecule has 0 unspecified atom stereocenters. The van der Waals surface area contributed by atoms with E-state index in [-0.39, 0.29) is 5.84 Å². The number of nitrogens with zero attached hydrogens (tertiary/aromatic N) is 1. The summed E-state index contributed by atoms with van der Waals surface area (Å²) >= 11 is 1.76. The molecule has 2 aromatic rings. The van der Waals surface area contributed by atoms with E-state index in [4.69, 9.17) is 15.7 Å². The Labute approximate surface area is 128 Å². The van der Waals surface area contributed by atoms with Crippen molar-refractivity contribution < 1.29 is 9.94 Å². The maximum atomic E-state index is 8.76. The molecule has 2 aromatic carbocycles. The fourth-order valence-electron chi connectivity index (χ4n) is 1.96. The second-order valence-electron chi connectivity index (χ2n) is 4.63. The van der Waals surface area contributed by atoms with Crippen LogP contribution < -0.4 is 10.5 Å². The van der Waals surface area contributed by atoms with Crippen LogP contribution in [0, 0.1) is 6.92 Å². The van der Waals surface area contributed by atoms with Gasteiger partial charge >= 0.3 is 0 Å². The molecule has 0 aliphatic carbocycles. The Hall–Kier alpha value is -2.14. The lowest BCUT2D eigenvalue weighted by atomic mass is 10.1. The van der Waals surface area contributed by atoms with E-state index in [9.17, 15) is 0 Å². The summed E-state index contributed by atoms with van der Waals surface area (Å²) in [6, 6.07) is 14.1. The summed E-state index contributed by atoms with van der Waals surface area (Å²) in [6.07, 6.45) is 0. The van der Waals surface area contributed by atoms with Gasteiger partial charge in [-0.15, -0.1) is 11.8 Å². The van der Waals surface area contributed by atoms with Crippen LogP contribution in [0.4, 0.5) is 0 Å². The molecule has 0 spiro atoms. The van der Waals surface area contributed by atoms with E-state index in [2.05, 4.69) is 36.3 Å². The van der Waals surface area contributed by atoms with Crippen molar-refractivity contribution in [2.75, 3.05) is 7.11 Å². The molecule has 5 heteroatoms. The van der Waals surface area contributed by atoms with Gasteiger partial charge in [-0.1, -0.05) is 28.9 Å². The molecule has 0 aliphatic rings. The van der Waals surface area contributed by atoms with E-state index >= 15 is 0 Å². The summed E-state index contributed by atoms with van der Waals surface area (Å²) in [5.74, 6) is 1.48. The monoisotopic (exact) mass is 302 g/mol. The lowest BCUT2D eigenvalue weighted by Crippen LogP contribution is -2.14. The van der Waals surface area contributed by atoms with Crippen molar-refractivity contribution in [2.24, 2.45) is 10.9 Å². The number of rotatable bonds is 5. The molecule has 0 saturated heterocycles. The van der Waals surface area contributed by atoms with E-state index in [0.717, 1.165) is 11.3 Å². The Morgan fingerprint density at radius 2 is 2.10 bits per heavy atom. The first kappa shape index (κ1) is 15.3. The predicted molar refractivity (Wildman–Crippen MR) is 86.2 cm³/mol. The lowest BCUT2D eigenvalue weighted by Gasteiger charge is -2.10. The number of oxime groups is 1. The third-order valence-corrected chi connectivity index (χ3v) is 4.11. The second-order valence-corrected chi connectivity index (χ2v) is 5.67. The van der Waals surface area contributed by atoms with Crippen molar-refractivity contribution in [1.29, 1.82) is 0 Å². The summed E-state index contributed by atoms with van der Waals surface area (Å²) in [4.78, 5) is 1.23. The fourth-order valence-corrected chi connectivity index (χ4v) is 2.92. The van der Waals surface area contributed by atoms with Gasteiger partial charge in [0.1, 0.15) is 5.75 Å². The minimum absolute atomic E-state index is 0.0461. The van der Waals surface area contributed by atoms with Gasteiger partial charge in [0.05, 0.1) is 12.7 Å². The first-order valence-corrected chi connectivity index (χ1v) is 7.47. The number of amidine groups is 1. The van der Waals surface area contributed by atoms with Crippen LogP contribution >= 0.6 is 11.8 Å². The number of ether oxygens (including phenoxy) is 1. The molecule has 21 heavy (non-hydrogen) atoms. The number of benzene rings is 2. The van der Waals surface area contributed by atoms with Crippen LogP contribution in [0.1, 0.15) is 16.7 Å². The van der Waals surface area contributed by atoms with E-state index < -0.39 is 0 Å². The number of hydrogen-bond acceptors (Lipinski definition) is 4. The number of thioether (sulfide) groups is 1. The van der Waals surface area contributed by atoms with E-state index in [1.165, 1.54) is 10.5 Å². The molecule has 0 aliphatic heterocycles. The highest BCUT2D eigenvalue weighted by molar-refractivity contribution is 7.98.